The summed E-state index contributed by atoms with van der Waals surface area (Å²) in [6.45, 7) is 4.56. The molecule has 1 aliphatic heterocycles. The second kappa shape index (κ2) is 8.44. The molecule has 0 spiro atoms. The number of morpholine rings is 1. The van der Waals surface area contributed by atoms with Crippen LogP contribution in [0, 0.1) is 6.92 Å². The first-order chi connectivity index (χ1) is 12.2. The van der Waals surface area contributed by atoms with E-state index in [-0.39, 0.29) is 12.5 Å². The SMILES string of the molecule is Cc1cccc(N=Cc2ccc(OCC(=O)N3CCOCC3)cc2)c1. The standard InChI is InChI=1S/C20H22N2O3/c1-16-3-2-4-18(13-16)21-14-17-5-7-19(8-6-17)25-15-20(23)22-9-11-24-12-10-22/h2-8,13-14H,9-12,15H2,1H3. The Hall–Kier alpha value is -2.66. The maximum atomic E-state index is 12.0. The summed E-state index contributed by atoms with van der Waals surface area (Å²) < 4.78 is 10.8. The van der Waals surface area contributed by atoms with Gasteiger partial charge in [0.15, 0.2) is 6.61 Å². The third-order valence-corrected chi connectivity index (χ3v) is 3.97. The van der Waals surface area contributed by atoms with Crippen LogP contribution in [0.5, 0.6) is 5.75 Å². The molecule has 1 aliphatic rings. The Balaban J connectivity index is 1.52. The minimum Gasteiger partial charge on any atom is -0.484 e. The fourth-order valence-corrected chi connectivity index (χ4v) is 2.56. The lowest BCUT2D eigenvalue weighted by atomic mass is 10.2. The van der Waals surface area contributed by atoms with E-state index in [1.54, 1.807) is 4.90 Å². The normalized spacial score (nSPS) is 14.7. The molecule has 1 saturated heterocycles. The summed E-state index contributed by atoms with van der Waals surface area (Å²) in [5.74, 6) is 0.669. The zero-order chi connectivity index (χ0) is 17.5. The highest BCUT2D eigenvalue weighted by Crippen LogP contribution is 2.15. The number of hydrogen-bond acceptors (Lipinski definition) is 4. The molecule has 2 aromatic carbocycles. The van der Waals surface area contributed by atoms with Crippen molar-refractivity contribution in [2.75, 3.05) is 32.9 Å². The van der Waals surface area contributed by atoms with Crippen LogP contribution in [0.3, 0.4) is 0 Å². The summed E-state index contributed by atoms with van der Waals surface area (Å²) in [6.07, 6.45) is 1.82. The molecule has 0 aliphatic carbocycles. The van der Waals surface area contributed by atoms with Crippen LogP contribution in [0.1, 0.15) is 11.1 Å². The molecule has 0 atom stereocenters. The molecular formula is C20H22N2O3. The molecule has 0 aromatic heterocycles. The molecule has 5 nitrogen and oxygen atoms in total. The van der Waals surface area contributed by atoms with Gasteiger partial charge < -0.3 is 14.4 Å². The van der Waals surface area contributed by atoms with Gasteiger partial charge in [-0.1, -0.05) is 12.1 Å². The topological polar surface area (TPSA) is 51.1 Å². The van der Waals surface area contributed by atoms with E-state index in [2.05, 4.69) is 4.99 Å². The molecule has 1 fully saturated rings. The number of carbonyl (C=O) groups is 1. The van der Waals surface area contributed by atoms with Gasteiger partial charge >= 0.3 is 0 Å². The fourth-order valence-electron chi connectivity index (χ4n) is 2.56. The smallest absolute Gasteiger partial charge is 0.260 e. The number of aryl methyl sites for hydroxylation is 1. The number of benzene rings is 2. The molecule has 5 heteroatoms. The van der Waals surface area contributed by atoms with Crippen LogP contribution in [-0.4, -0.2) is 49.9 Å². The van der Waals surface area contributed by atoms with Crippen molar-refractivity contribution in [3.63, 3.8) is 0 Å². The van der Waals surface area contributed by atoms with Gasteiger partial charge in [-0.05, 0) is 54.4 Å². The number of hydrogen-bond donors (Lipinski definition) is 0. The largest absolute Gasteiger partial charge is 0.484 e. The predicted molar refractivity (Wildman–Crippen MR) is 97.8 cm³/mol. The van der Waals surface area contributed by atoms with Crippen LogP contribution < -0.4 is 4.74 Å². The fraction of sp³-hybridized carbons (Fsp3) is 0.300. The summed E-state index contributed by atoms with van der Waals surface area (Å²) in [5.41, 5.74) is 3.09. The Morgan fingerprint density at radius 2 is 1.96 bits per heavy atom. The molecule has 0 unspecified atom stereocenters. The van der Waals surface area contributed by atoms with Gasteiger partial charge in [-0.2, -0.15) is 0 Å². The lowest BCUT2D eigenvalue weighted by Gasteiger charge is -2.26. The minimum atomic E-state index is -0.00612. The van der Waals surface area contributed by atoms with Crippen LogP contribution in [0.2, 0.25) is 0 Å². The van der Waals surface area contributed by atoms with Gasteiger partial charge in [-0.15, -0.1) is 0 Å². The molecule has 0 bridgehead atoms. The second-order valence-corrected chi connectivity index (χ2v) is 5.95. The van der Waals surface area contributed by atoms with Crippen LogP contribution in [0.4, 0.5) is 5.69 Å². The van der Waals surface area contributed by atoms with Crippen LogP contribution in [0.15, 0.2) is 53.5 Å². The molecule has 1 heterocycles. The van der Waals surface area contributed by atoms with E-state index in [1.165, 1.54) is 5.56 Å². The Kier molecular flexibility index (Phi) is 5.80. The van der Waals surface area contributed by atoms with E-state index in [9.17, 15) is 4.79 Å². The maximum absolute atomic E-state index is 12.0. The number of aliphatic imine (C=N–C) groups is 1. The number of rotatable bonds is 5. The van der Waals surface area contributed by atoms with Gasteiger partial charge in [0.1, 0.15) is 5.75 Å². The molecule has 0 saturated carbocycles. The van der Waals surface area contributed by atoms with E-state index in [0.29, 0.717) is 32.1 Å². The van der Waals surface area contributed by atoms with Crippen LogP contribution in [-0.2, 0) is 9.53 Å². The van der Waals surface area contributed by atoms with E-state index in [4.69, 9.17) is 9.47 Å². The summed E-state index contributed by atoms with van der Waals surface area (Å²) in [5, 5.41) is 0. The Morgan fingerprint density at radius 1 is 1.20 bits per heavy atom. The number of amides is 1. The van der Waals surface area contributed by atoms with Crippen molar-refractivity contribution in [1.82, 2.24) is 4.90 Å². The highest BCUT2D eigenvalue weighted by molar-refractivity contribution is 5.82. The number of nitrogens with zero attached hydrogens (tertiary/aromatic N) is 2. The Morgan fingerprint density at radius 3 is 2.68 bits per heavy atom. The van der Waals surface area contributed by atoms with Gasteiger partial charge in [0, 0.05) is 19.3 Å². The molecule has 130 valence electrons. The summed E-state index contributed by atoms with van der Waals surface area (Å²) in [7, 11) is 0. The van der Waals surface area contributed by atoms with Gasteiger partial charge in [0.2, 0.25) is 0 Å². The van der Waals surface area contributed by atoms with Crippen LogP contribution >= 0.6 is 0 Å². The molecule has 1 amide bonds. The lowest BCUT2D eigenvalue weighted by Crippen LogP contribution is -2.42. The van der Waals surface area contributed by atoms with Crippen molar-refractivity contribution < 1.29 is 14.3 Å². The average Bonchev–Trinajstić information content (AvgIpc) is 2.66. The first kappa shape index (κ1) is 17.2. The number of carbonyl (C=O) groups excluding carboxylic acids is 1. The van der Waals surface area contributed by atoms with Gasteiger partial charge in [0.05, 0.1) is 18.9 Å². The monoisotopic (exact) mass is 338 g/mol. The van der Waals surface area contributed by atoms with E-state index in [0.717, 1.165) is 11.3 Å². The molecule has 3 rings (SSSR count). The van der Waals surface area contributed by atoms with Crippen molar-refractivity contribution in [3.8, 4) is 5.75 Å². The Labute approximate surface area is 147 Å². The highest BCUT2D eigenvalue weighted by Gasteiger charge is 2.16. The second-order valence-electron chi connectivity index (χ2n) is 5.95. The van der Waals surface area contributed by atoms with Crippen molar-refractivity contribution in [3.05, 3.63) is 59.7 Å². The van der Waals surface area contributed by atoms with Gasteiger partial charge in [-0.3, -0.25) is 9.79 Å². The summed E-state index contributed by atoms with van der Waals surface area (Å²) in [6, 6.07) is 15.6. The molecular weight excluding hydrogens is 316 g/mol. The Bertz CT molecular complexity index is 735. The van der Waals surface area contributed by atoms with Gasteiger partial charge in [0.25, 0.3) is 5.91 Å². The van der Waals surface area contributed by atoms with Gasteiger partial charge in [-0.25, -0.2) is 0 Å². The van der Waals surface area contributed by atoms with Crippen molar-refractivity contribution >= 4 is 17.8 Å². The highest BCUT2D eigenvalue weighted by atomic mass is 16.5. The third kappa shape index (κ3) is 5.16. The molecule has 0 radical (unpaired) electrons. The first-order valence-electron chi connectivity index (χ1n) is 8.40. The van der Waals surface area contributed by atoms with Crippen LogP contribution in [0.25, 0.3) is 0 Å². The number of ether oxygens (including phenoxy) is 2. The van der Waals surface area contributed by atoms with Crippen molar-refractivity contribution in [1.29, 1.82) is 0 Å². The quantitative estimate of drug-likeness (QED) is 0.788. The van der Waals surface area contributed by atoms with E-state index < -0.39 is 0 Å². The molecule has 25 heavy (non-hydrogen) atoms. The maximum Gasteiger partial charge on any atom is 0.260 e. The molecule has 2 aromatic rings. The lowest BCUT2D eigenvalue weighted by molar-refractivity contribution is -0.137. The van der Waals surface area contributed by atoms with E-state index >= 15 is 0 Å². The predicted octanol–water partition coefficient (Wildman–Crippen LogP) is 2.98. The molecule has 0 N–H and O–H groups in total. The first-order valence-corrected chi connectivity index (χ1v) is 8.40. The third-order valence-electron chi connectivity index (χ3n) is 3.97. The van der Waals surface area contributed by atoms with Crippen molar-refractivity contribution in [2.24, 2.45) is 4.99 Å². The zero-order valence-electron chi connectivity index (χ0n) is 14.4. The summed E-state index contributed by atoms with van der Waals surface area (Å²) in [4.78, 5) is 18.3. The zero-order valence-corrected chi connectivity index (χ0v) is 14.4. The van der Waals surface area contributed by atoms with E-state index in [1.807, 2.05) is 61.7 Å². The summed E-state index contributed by atoms with van der Waals surface area (Å²) >= 11 is 0. The minimum absolute atomic E-state index is 0.00612. The average molecular weight is 338 g/mol. The van der Waals surface area contributed by atoms with Crippen molar-refractivity contribution in [2.45, 2.75) is 6.92 Å².